The highest BCUT2D eigenvalue weighted by Crippen LogP contribution is 2.22. The van der Waals surface area contributed by atoms with Crippen LogP contribution in [0.2, 0.25) is 0 Å². The van der Waals surface area contributed by atoms with Crippen LogP contribution in [0.3, 0.4) is 0 Å². The van der Waals surface area contributed by atoms with E-state index in [0.717, 1.165) is 16.6 Å². The van der Waals surface area contributed by atoms with Crippen LogP contribution in [0.25, 0.3) is 0 Å². The maximum atomic E-state index is 10.9. The lowest BCUT2D eigenvalue weighted by Gasteiger charge is -2.19. The van der Waals surface area contributed by atoms with Gasteiger partial charge in [0, 0.05) is 23.8 Å². The first kappa shape index (κ1) is 11.5. The SMILES string of the molecule is NCC1CN(c2ccc(Br)cn2)C(C=O)O1. The molecule has 6 heteroatoms. The fourth-order valence-electron chi connectivity index (χ4n) is 1.63. The molecule has 2 N–H and O–H groups in total. The van der Waals surface area contributed by atoms with Crippen LogP contribution in [0.5, 0.6) is 0 Å². The number of pyridine rings is 1. The number of hydrogen-bond acceptors (Lipinski definition) is 5. The first-order valence-electron chi connectivity index (χ1n) is 4.93. The summed E-state index contributed by atoms with van der Waals surface area (Å²) >= 11 is 3.31. The highest BCUT2D eigenvalue weighted by Gasteiger charge is 2.32. The maximum absolute atomic E-state index is 10.9. The van der Waals surface area contributed by atoms with Crippen molar-refractivity contribution < 1.29 is 9.53 Å². The molecule has 2 unspecified atom stereocenters. The van der Waals surface area contributed by atoms with Crippen molar-refractivity contribution in [2.24, 2.45) is 5.73 Å². The number of nitrogens with two attached hydrogens (primary N) is 1. The fraction of sp³-hybridized carbons (Fsp3) is 0.400. The summed E-state index contributed by atoms with van der Waals surface area (Å²) in [5, 5.41) is 0. The predicted octanol–water partition coefficient (Wildman–Crippen LogP) is 0.533. The van der Waals surface area contributed by atoms with Crippen molar-refractivity contribution in [3.05, 3.63) is 22.8 Å². The van der Waals surface area contributed by atoms with Crippen LogP contribution >= 0.6 is 15.9 Å². The van der Waals surface area contributed by atoms with Crippen LogP contribution in [-0.4, -0.2) is 36.7 Å². The van der Waals surface area contributed by atoms with Gasteiger partial charge < -0.3 is 15.4 Å². The third-order valence-corrected chi connectivity index (χ3v) is 2.89. The minimum Gasteiger partial charge on any atom is -0.345 e. The Morgan fingerprint density at radius 3 is 3.06 bits per heavy atom. The lowest BCUT2D eigenvalue weighted by Crippen LogP contribution is -2.32. The molecule has 0 saturated carbocycles. The average molecular weight is 286 g/mol. The highest BCUT2D eigenvalue weighted by molar-refractivity contribution is 9.10. The van der Waals surface area contributed by atoms with Gasteiger partial charge in [-0.1, -0.05) is 0 Å². The van der Waals surface area contributed by atoms with Gasteiger partial charge in [-0.3, -0.25) is 4.79 Å². The van der Waals surface area contributed by atoms with Gasteiger partial charge in [0.2, 0.25) is 0 Å². The van der Waals surface area contributed by atoms with E-state index in [1.807, 2.05) is 12.1 Å². The fourth-order valence-corrected chi connectivity index (χ4v) is 1.87. The van der Waals surface area contributed by atoms with Crippen molar-refractivity contribution in [2.75, 3.05) is 18.0 Å². The van der Waals surface area contributed by atoms with E-state index < -0.39 is 6.23 Å². The monoisotopic (exact) mass is 285 g/mol. The molecule has 0 bridgehead atoms. The molecule has 0 aliphatic carbocycles. The van der Waals surface area contributed by atoms with E-state index in [-0.39, 0.29) is 6.10 Å². The van der Waals surface area contributed by atoms with Crippen molar-refractivity contribution in [1.82, 2.24) is 4.98 Å². The molecule has 1 saturated heterocycles. The molecule has 0 amide bonds. The van der Waals surface area contributed by atoms with Gasteiger partial charge in [-0.25, -0.2) is 4.98 Å². The first-order valence-corrected chi connectivity index (χ1v) is 5.73. The van der Waals surface area contributed by atoms with Crippen LogP contribution in [-0.2, 0) is 9.53 Å². The lowest BCUT2D eigenvalue weighted by molar-refractivity contribution is -0.117. The number of anilines is 1. The summed E-state index contributed by atoms with van der Waals surface area (Å²) in [6, 6.07) is 3.71. The van der Waals surface area contributed by atoms with Gasteiger partial charge in [0.1, 0.15) is 5.82 Å². The van der Waals surface area contributed by atoms with Crippen LogP contribution < -0.4 is 10.6 Å². The zero-order valence-electron chi connectivity index (χ0n) is 8.54. The van der Waals surface area contributed by atoms with E-state index in [9.17, 15) is 4.79 Å². The smallest absolute Gasteiger partial charge is 0.188 e. The summed E-state index contributed by atoms with van der Waals surface area (Å²) in [5.41, 5.74) is 5.52. The molecule has 1 aromatic heterocycles. The van der Waals surface area contributed by atoms with Gasteiger partial charge in [-0.15, -0.1) is 0 Å². The topological polar surface area (TPSA) is 68.5 Å². The summed E-state index contributed by atoms with van der Waals surface area (Å²) in [6.45, 7) is 0.992. The molecule has 0 spiro atoms. The maximum Gasteiger partial charge on any atom is 0.188 e. The number of nitrogens with zero attached hydrogens (tertiary/aromatic N) is 2. The van der Waals surface area contributed by atoms with Crippen molar-refractivity contribution in [1.29, 1.82) is 0 Å². The highest BCUT2D eigenvalue weighted by atomic mass is 79.9. The van der Waals surface area contributed by atoms with Crippen LogP contribution in [0.15, 0.2) is 22.8 Å². The Bertz CT molecular complexity index is 371. The minimum absolute atomic E-state index is 0.111. The summed E-state index contributed by atoms with van der Waals surface area (Å²) in [6.07, 6.45) is 1.76. The van der Waals surface area contributed by atoms with E-state index in [1.165, 1.54) is 0 Å². The van der Waals surface area contributed by atoms with Gasteiger partial charge in [0.15, 0.2) is 12.5 Å². The van der Waals surface area contributed by atoms with E-state index in [4.69, 9.17) is 10.5 Å². The van der Waals surface area contributed by atoms with Crippen molar-refractivity contribution in [3.63, 3.8) is 0 Å². The number of halogens is 1. The number of aromatic nitrogens is 1. The predicted molar refractivity (Wildman–Crippen MR) is 63.1 cm³/mol. The van der Waals surface area contributed by atoms with Crippen molar-refractivity contribution >= 4 is 28.0 Å². The second-order valence-corrected chi connectivity index (χ2v) is 4.42. The number of aldehydes is 1. The van der Waals surface area contributed by atoms with E-state index >= 15 is 0 Å². The van der Waals surface area contributed by atoms with Gasteiger partial charge in [-0.05, 0) is 28.1 Å². The third kappa shape index (κ3) is 2.23. The second-order valence-electron chi connectivity index (χ2n) is 3.51. The minimum atomic E-state index is -0.581. The molecule has 2 atom stereocenters. The molecular formula is C10H12BrN3O2. The molecule has 2 heterocycles. The summed E-state index contributed by atoms with van der Waals surface area (Å²) in [4.78, 5) is 16.9. The Morgan fingerprint density at radius 1 is 1.69 bits per heavy atom. The normalized spacial score (nSPS) is 24.8. The molecule has 0 radical (unpaired) electrons. The van der Waals surface area contributed by atoms with Gasteiger partial charge in [0.05, 0.1) is 6.10 Å². The Kier molecular flexibility index (Phi) is 3.52. The Labute approximate surface area is 102 Å². The summed E-state index contributed by atoms with van der Waals surface area (Å²) in [5.74, 6) is 0.719. The van der Waals surface area contributed by atoms with Crippen molar-refractivity contribution in [2.45, 2.75) is 12.3 Å². The Morgan fingerprint density at radius 2 is 2.50 bits per heavy atom. The molecule has 1 aliphatic heterocycles. The largest absolute Gasteiger partial charge is 0.345 e. The van der Waals surface area contributed by atoms with E-state index in [2.05, 4.69) is 20.9 Å². The van der Waals surface area contributed by atoms with Gasteiger partial charge in [0.25, 0.3) is 0 Å². The average Bonchev–Trinajstić information content (AvgIpc) is 2.73. The van der Waals surface area contributed by atoms with E-state index in [0.29, 0.717) is 13.1 Å². The Balaban J connectivity index is 2.19. The summed E-state index contributed by atoms with van der Waals surface area (Å²) in [7, 11) is 0. The van der Waals surface area contributed by atoms with Crippen LogP contribution in [0.1, 0.15) is 0 Å². The number of rotatable bonds is 3. The molecule has 0 aromatic carbocycles. The van der Waals surface area contributed by atoms with Crippen LogP contribution in [0, 0.1) is 0 Å². The Hall–Kier alpha value is -0.980. The van der Waals surface area contributed by atoms with Gasteiger partial charge >= 0.3 is 0 Å². The lowest BCUT2D eigenvalue weighted by atomic mass is 10.3. The molecular weight excluding hydrogens is 274 g/mol. The third-order valence-electron chi connectivity index (χ3n) is 2.42. The molecule has 1 aliphatic rings. The molecule has 5 nitrogen and oxygen atoms in total. The molecule has 1 aromatic rings. The zero-order valence-corrected chi connectivity index (χ0v) is 10.1. The number of carbonyl (C=O) groups excluding carboxylic acids is 1. The number of carbonyl (C=O) groups is 1. The molecule has 1 fully saturated rings. The zero-order chi connectivity index (χ0) is 11.5. The van der Waals surface area contributed by atoms with Crippen molar-refractivity contribution in [3.8, 4) is 0 Å². The molecule has 16 heavy (non-hydrogen) atoms. The van der Waals surface area contributed by atoms with Crippen LogP contribution in [0.4, 0.5) is 5.82 Å². The molecule has 86 valence electrons. The number of hydrogen-bond donors (Lipinski definition) is 1. The summed E-state index contributed by atoms with van der Waals surface area (Å²) < 4.78 is 6.34. The number of ether oxygens (including phenoxy) is 1. The first-order chi connectivity index (χ1) is 7.74. The molecule has 2 rings (SSSR count). The standard InChI is InChI=1S/C10H12BrN3O2/c11-7-1-2-9(13-4-7)14-5-8(3-12)16-10(14)6-15/h1-2,4,6,8,10H,3,5,12H2. The van der Waals surface area contributed by atoms with Gasteiger partial charge in [-0.2, -0.15) is 0 Å². The second kappa shape index (κ2) is 4.90. The quantitative estimate of drug-likeness (QED) is 0.821. The van der Waals surface area contributed by atoms with E-state index in [1.54, 1.807) is 11.1 Å².